The zero-order chi connectivity index (χ0) is 35.9. The number of rotatable bonds is 6. The summed E-state index contributed by atoms with van der Waals surface area (Å²) in [6.45, 7) is 0. The molecule has 1 spiro atoms. The lowest BCUT2D eigenvalue weighted by atomic mass is 9.65. The lowest BCUT2D eigenvalue weighted by Gasteiger charge is -2.38. The van der Waals surface area contributed by atoms with Gasteiger partial charge in [-0.25, -0.2) is 29.9 Å². The lowest BCUT2D eigenvalue weighted by molar-refractivity contribution is 0.338. The van der Waals surface area contributed by atoms with Gasteiger partial charge in [0.2, 0.25) is 0 Å². The van der Waals surface area contributed by atoms with Gasteiger partial charge in [-0.2, -0.15) is 0 Å². The average Bonchev–Trinajstić information content (AvgIpc) is 3.52. The maximum absolute atomic E-state index is 5.21. The second-order valence-electron chi connectivity index (χ2n) is 14.5. The van der Waals surface area contributed by atoms with E-state index >= 15 is 0 Å². The summed E-state index contributed by atoms with van der Waals surface area (Å²) < 4.78 is 0. The fraction of sp³-hybridized carbons (Fsp3) is 0.167. The lowest BCUT2D eigenvalue weighted by Crippen LogP contribution is -2.29. The van der Waals surface area contributed by atoms with Crippen molar-refractivity contribution in [2.45, 2.75) is 50.4 Å². The summed E-state index contributed by atoms with van der Waals surface area (Å²) in [4.78, 5) is 30.3. The number of nitrogens with zero attached hydrogens (tertiary/aromatic N) is 6. The molecule has 3 aliphatic carbocycles. The molecule has 54 heavy (non-hydrogen) atoms. The van der Waals surface area contributed by atoms with Crippen LogP contribution in [0.15, 0.2) is 151 Å². The highest BCUT2D eigenvalue weighted by molar-refractivity contribution is 5.88. The van der Waals surface area contributed by atoms with Gasteiger partial charge < -0.3 is 0 Å². The maximum atomic E-state index is 5.21. The zero-order valence-electron chi connectivity index (χ0n) is 30.0. The van der Waals surface area contributed by atoms with Crippen molar-refractivity contribution in [1.82, 2.24) is 29.9 Å². The fourth-order valence-electron chi connectivity index (χ4n) is 8.70. The molecule has 260 valence electrons. The first-order chi connectivity index (χ1) is 26.7. The standard InChI is InChI=1S/C48H38N6/c1-5-16-32(17-6-1)42-49-43(33-18-7-2-8-19-33)51-45(50-42)35-22-15-23-36(30-35)46-52-44(34-20-9-3-10-21-34)53-47(54-46)37-26-27-39-38-24-11-12-25-40(38)48(41(39)31-37)28-13-4-14-29-48/h1-3,5-11,15-24,26-27,30-31H,4,12-14,25,28-29H2. The predicted molar refractivity (Wildman–Crippen MR) is 216 cm³/mol. The molecule has 0 radical (unpaired) electrons. The summed E-state index contributed by atoms with van der Waals surface area (Å²) in [7, 11) is 0. The summed E-state index contributed by atoms with van der Waals surface area (Å²) in [5.74, 6) is 3.76. The van der Waals surface area contributed by atoms with Gasteiger partial charge in [-0.1, -0.05) is 158 Å². The first-order valence-electron chi connectivity index (χ1n) is 19.1. The van der Waals surface area contributed by atoms with Crippen LogP contribution in [0.2, 0.25) is 0 Å². The van der Waals surface area contributed by atoms with Gasteiger partial charge in [0.1, 0.15) is 0 Å². The largest absolute Gasteiger partial charge is 0.208 e. The minimum Gasteiger partial charge on any atom is -0.208 e. The summed E-state index contributed by atoms with van der Waals surface area (Å²) >= 11 is 0. The Hall–Kier alpha value is -6.40. The third kappa shape index (κ3) is 5.75. The van der Waals surface area contributed by atoms with Crippen LogP contribution in [0.3, 0.4) is 0 Å². The number of benzene rings is 5. The van der Waals surface area contributed by atoms with Gasteiger partial charge in [0.05, 0.1) is 0 Å². The van der Waals surface area contributed by atoms with Gasteiger partial charge in [-0.15, -0.1) is 0 Å². The van der Waals surface area contributed by atoms with E-state index in [1.165, 1.54) is 48.8 Å². The molecule has 1 saturated carbocycles. The highest BCUT2D eigenvalue weighted by Crippen LogP contribution is 2.57. The van der Waals surface area contributed by atoms with Crippen LogP contribution in [0.25, 0.3) is 73.9 Å². The van der Waals surface area contributed by atoms with Crippen LogP contribution < -0.4 is 0 Å². The Morgan fingerprint density at radius 2 is 0.852 bits per heavy atom. The van der Waals surface area contributed by atoms with Crippen LogP contribution >= 0.6 is 0 Å². The van der Waals surface area contributed by atoms with E-state index in [0.29, 0.717) is 34.9 Å². The normalized spacial score (nSPS) is 15.6. The Bertz CT molecular complexity index is 2510. The monoisotopic (exact) mass is 698 g/mol. The van der Waals surface area contributed by atoms with Crippen molar-refractivity contribution < 1.29 is 0 Å². The van der Waals surface area contributed by atoms with E-state index in [-0.39, 0.29) is 5.41 Å². The Morgan fingerprint density at radius 3 is 1.35 bits per heavy atom. The van der Waals surface area contributed by atoms with Gasteiger partial charge in [0, 0.05) is 38.8 Å². The van der Waals surface area contributed by atoms with E-state index in [4.69, 9.17) is 29.9 Å². The Kier molecular flexibility index (Phi) is 8.09. The molecule has 0 amide bonds. The van der Waals surface area contributed by atoms with Crippen LogP contribution in [0, 0.1) is 0 Å². The van der Waals surface area contributed by atoms with Gasteiger partial charge in [0.15, 0.2) is 34.9 Å². The Labute approximate surface area is 315 Å². The molecule has 0 saturated heterocycles. The quantitative estimate of drug-likeness (QED) is 0.172. The van der Waals surface area contributed by atoms with Crippen LogP contribution in [0.1, 0.15) is 56.1 Å². The molecule has 0 N–H and O–H groups in total. The van der Waals surface area contributed by atoms with Crippen LogP contribution in [-0.4, -0.2) is 29.9 Å². The molecule has 0 atom stereocenters. The molecule has 6 heteroatoms. The van der Waals surface area contributed by atoms with Crippen molar-refractivity contribution in [3.8, 4) is 68.3 Å². The van der Waals surface area contributed by atoms with Gasteiger partial charge in [-0.3, -0.25) is 0 Å². The van der Waals surface area contributed by atoms with Crippen molar-refractivity contribution in [3.63, 3.8) is 0 Å². The molecule has 2 heterocycles. The summed E-state index contributed by atoms with van der Waals surface area (Å²) in [6.07, 6.45) is 13.3. The van der Waals surface area contributed by atoms with E-state index < -0.39 is 0 Å². The van der Waals surface area contributed by atoms with Crippen molar-refractivity contribution in [2.75, 3.05) is 0 Å². The number of aromatic nitrogens is 6. The van der Waals surface area contributed by atoms with Crippen LogP contribution in [0.5, 0.6) is 0 Å². The fourth-order valence-corrected chi connectivity index (χ4v) is 8.70. The van der Waals surface area contributed by atoms with Crippen molar-refractivity contribution in [2.24, 2.45) is 0 Å². The second-order valence-corrected chi connectivity index (χ2v) is 14.5. The molecule has 7 aromatic rings. The SMILES string of the molecule is C1=CC2=C(CC1)C1(CCCCC1)c1cc(-c3nc(-c4ccccc4)nc(-c4cccc(-c5nc(-c6ccccc6)nc(-c6ccccc6)n5)c4)n3)ccc12. The van der Waals surface area contributed by atoms with Gasteiger partial charge in [-0.05, 0) is 54.5 Å². The first kappa shape index (κ1) is 32.3. The zero-order valence-corrected chi connectivity index (χ0v) is 30.0. The minimum atomic E-state index is 0.123. The van der Waals surface area contributed by atoms with E-state index in [1.807, 2.05) is 91.0 Å². The smallest absolute Gasteiger partial charge is 0.164 e. The second kappa shape index (κ2) is 13.5. The van der Waals surface area contributed by atoms with Crippen molar-refractivity contribution >= 4 is 5.57 Å². The van der Waals surface area contributed by atoms with Crippen molar-refractivity contribution in [3.05, 3.63) is 162 Å². The highest BCUT2D eigenvalue weighted by Gasteiger charge is 2.45. The van der Waals surface area contributed by atoms with Crippen LogP contribution in [0.4, 0.5) is 0 Å². The molecule has 1 fully saturated rings. The van der Waals surface area contributed by atoms with E-state index in [9.17, 15) is 0 Å². The molecule has 6 nitrogen and oxygen atoms in total. The predicted octanol–water partition coefficient (Wildman–Crippen LogP) is 11.4. The third-order valence-electron chi connectivity index (χ3n) is 11.3. The molecule has 0 aliphatic heterocycles. The van der Waals surface area contributed by atoms with Gasteiger partial charge in [0.25, 0.3) is 0 Å². The van der Waals surface area contributed by atoms with E-state index in [0.717, 1.165) is 46.2 Å². The molecule has 2 aromatic heterocycles. The molecular formula is C48H38N6. The molecule has 10 rings (SSSR count). The molecule has 0 unspecified atom stereocenters. The number of allylic oxidation sites excluding steroid dienone is 4. The van der Waals surface area contributed by atoms with Crippen molar-refractivity contribution in [1.29, 1.82) is 0 Å². The molecule has 5 aromatic carbocycles. The third-order valence-corrected chi connectivity index (χ3v) is 11.3. The van der Waals surface area contributed by atoms with Crippen LogP contribution in [-0.2, 0) is 5.41 Å². The highest BCUT2D eigenvalue weighted by atomic mass is 15.0. The first-order valence-corrected chi connectivity index (χ1v) is 19.1. The van der Waals surface area contributed by atoms with Gasteiger partial charge >= 0.3 is 0 Å². The number of fused-ring (bicyclic) bond motifs is 4. The summed E-state index contributed by atoms with van der Waals surface area (Å²) in [5.41, 5.74) is 11.6. The number of hydrogen-bond acceptors (Lipinski definition) is 6. The minimum absolute atomic E-state index is 0.123. The summed E-state index contributed by atoms with van der Waals surface area (Å²) in [5, 5.41) is 0. The average molecular weight is 699 g/mol. The molecule has 3 aliphatic rings. The number of hydrogen-bond donors (Lipinski definition) is 0. The van der Waals surface area contributed by atoms with E-state index in [1.54, 1.807) is 5.57 Å². The molecule has 0 bridgehead atoms. The van der Waals surface area contributed by atoms with E-state index in [2.05, 4.69) is 54.6 Å². The summed E-state index contributed by atoms with van der Waals surface area (Å²) in [6, 6.07) is 45.4. The maximum Gasteiger partial charge on any atom is 0.164 e. The topological polar surface area (TPSA) is 77.3 Å². The Morgan fingerprint density at radius 1 is 0.407 bits per heavy atom. The molecular weight excluding hydrogens is 661 g/mol. The Balaban J connectivity index is 1.10.